The van der Waals surface area contributed by atoms with Crippen molar-refractivity contribution in [3.8, 4) is 11.5 Å². The average Bonchev–Trinajstić information content (AvgIpc) is 3.63. The number of carbonyl (C=O) groups excluding carboxylic acids is 2. The summed E-state index contributed by atoms with van der Waals surface area (Å²) in [5.74, 6) is 0.0787. The minimum atomic E-state index is -0.397. The molecule has 2 heterocycles. The van der Waals surface area contributed by atoms with E-state index in [1.807, 2.05) is 78.9 Å². The van der Waals surface area contributed by atoms with Crippen molar-refractivity contribution in [2.75, 3.05) is 34.6 Å². The van der Waals surface area contributed by atoms with Gasteiger partial charge in [0, 0.05) is 78.4 Å². The van der Waals surface area contributed by atoms with Crippen molar-refractivity contribution in [3.63, 3.8) is 0 Å². The molecular weight excluding hydrogens is 607 g/mol. The van der Waals surface area contributed by atoms with E-state index < -0.39 is 5.92 Å². The van der Waals surface area contributed by atoms with E-state index in [2.05, 4.69) is 0 Å². The maximum atomic E-state index is 14.1. The summed E-state index contributed by atoms with van der Waals surface area (Å²) in [6.45, 7) is 0.813. The lowest BCUT2D eigenvalue weighted by Gasteiger charge is -2.25. The van der Waals surface area contributed by atoms with Crippen LogP contribution >= 0.6 is 23.2 Å². The van der Waals surface area contributed by atoms with Crippen molar-refractivity contribution < 1.29 is 19.8 Å². The summed E-state index contributed by atoms with van der Waals surface area (Å²) in [6, 6.07) is 28.2. The Bertz CT molecular complexity index is 1830. The van der Waals surface area contributed by atoms with Crippen LogP contribution in [0.5, 0.6) is 11.5 Å². The molecule has 7 rings (SSSR count). The fraction of sp³-hybridized carbons (Fsp3) is 0.243. The standard InChI is InChI=1S/C37H32Cl2N2O4/c38-18-24-20-40(30-16-32(42)26-10-4-6-12-28(26)36(24)30)34(44)14-23(22-8-2-1-3-9-22)15-35(45)41-21-25(19-39)37-29-13-7-5-11-27(29)33(43)17-31(37)41/h1-13,16-17,23-25,42-43H,14-15,18-21H2/t23?,24-,25?/m1/s1. The number of hydrogen-bond acceptors (Lipinski definition) is 4. The van der Waals surface area contributed by atoms with Crippen molar-refractivity contribution in [2.45, 2.75) is 30.6 Å². The van der Waals surface area contributed by atoms with E-state index in [9.17, 15) is 19.8 Å². The number of nitrogens with zero attached hydrogens (tertiary/aromatic N) is 2. The number of alkyl halides is 2. The third-order valence-corrected chi connectivity index (χ3v) is 10.1. The molecule has 0 saturated heterocycles. The molecule has 228 valence electrons. The van der Waals surface area contributed by atoms with Gasteiger partial charge in [0.25, 0.3) is 0 Å². The molecule has 0 spiro atoms. The number of carbonyl (C=O) groups is 2. The van der Waals surface area contributed by atoms with Gasteiger partial charge in [-0.15, -0.1) is 23.2 Å². The quantitative estimate of drug-likeness (QED) is 0.177. The number of phenols is 2. The highest BCUT2D eigenvalue weighted by Crippen LogP contribution is 2.47. The maximum absolute atomic E-state index is 14.1. The van der Waals surface area contributed by atoms with Gasteiger partial charge in [0.15, 0.2) is 0 Å². The SMILES string of the molecule is O=C(CC(CC(=O)N1C[C@@H](CCl)c2c1cc(O)c1ccccc21)c1ccccc1)N1CC(CCl)c2c1cc(O)c1ccccc21. The fourth-order valence-corrected chi connectivity index (χ4v) is 7.76. The van der Waals surface area contributed by atoms with E-state index in [0.29, 0.717) is 36.2 Å². The Labute approximate surface area is 271 Å². The first kappa shape index (κ1) is 29.5. The molecule has 0 aliphatic carbocycles. The van der Waals surface area contributed by atoms with E-state index in [0.717, 1.165) is 38.2 Å². The lowest BCUT2D eigenvalue weighted by molar-refractivity contribution is -0.120. The van der Waals surface area contributed by atoms with Crippen molar-refractivity contribution in [1.29, 1.82) is 0 Å². The predicted molar refractivity (Wildman–Crippen MR) is 181 cm³/mol. The van der Waals surface area contributed by atoms with E-state index in [1.54, 1.807) is 21.9 Å². The van der Waals surface area contributed by atoms with Crippen LogP contribution < -0.4 is 9.80 Å². The molecule has 5 aromatic carbocycles. The Morgan fingerprint density at radius 2 is 1.04 bits per heavy atom. The highest BCUT2D eigenvalue weighted by Gasteiger charge is 2.38. The predicted octanol–water partition coefficient (Wildman–Crippen LogP) is 8.01. The number of hydrogen-bond donors (Lipinski definition) is 2. The number of aromatic hydroxyl groups is 2. The van der Waals surface area contributed by atoms with Crippen LogP contribution in [-0.2, 0) is 9.59 Å². The van der Waals surface area contributed by atoms with Gasteiger partial charge in [0.05, 0.1) is 11.4 Å². The smallest absolute Gasteiger partial charge is 0.227 e. The third-order valence-electron chi connectivity index (χ3n) is 9.38. The molecular formula is C37H32Cl2N2O4. The summed E-state index contributed by atoms with van der Waals surface area (Å²) in [5.41, 5.74) is 4.16. The van der Waals surface area contributed by atoms with E-state index in [4.69, 9.17) is 23.2 Å². The van der Waals surface area contributed by atoms with Crippen LogP contribution in [0.4, 0.5) is 11.4 Å². The molecule has 2 N–H and O–H groups in total. The first-order chi connectivity index (χ1) is 21.9. The van der Waals surface area contributed by atoms with Crippen LogP contribution in [-0.4, -0.2) is 46.9 Å². The number of halogens is 2. The second-order valence-electron chi connectivity index (χ2n) is 12.0. The van der Waals surface area contributed by atoms with Crippen molar-refractivity contribution >= 4 is 67.9 Å². The molecule has 2 aliphatic rings. The number of phenolic OH excluding ortho intramolecular Hbond substituents is 2. The second-order valence-corrected chi connectivity index (χ2v) is 12.6. The average molecular weight is 640 g/mol. The van der Waals surface area contributed by atoms with Crippen molar-refractivity contribution in [1.82, 2.24) is 0 Å². The van der Waals surface area contributed by atoms with Crippen LogP contribution in [0.25, 0.3) is 21.5 Å². The number of anilines is 2. The zero-order chi connectivity index (χ0) is 31.2. The molecule has 6 nitrogen and oxygen atoms in total. The number of rotatable bonds is 7. The topological polar surface area (TPSA) is 81.1 Å². The summed E-state index contributed by atoms with van der Waals surface area (Å²) in [4.78, 5) is 31.7. The molecule has 5 aromatic rings. The first-order valence-electron chi connectivity index (χ1n) is 15.2. The highest BCUT2D eigenvalue weighted by atomic mass is 35.5. The Hall–Kier alpha value is -4.26. The molecule has 2 aliphatic heterocycles. The van der Waals surface area contributed by atoms with Gasteiger partial charge in [0.2, 0.25) is 11.8 Å². The minimum Gasteiger partial charge on any atom is -0.507 e. The van der Waals surface area contributed by atoms with Crippen LogP contribution in [0.2, 0.25) is 0 Å². The lowest BCUT2D eigenvalue weighted by atomic mass is 9.91. The van der Waals surface area contributed by atoms with Crippen LogP contribution in [0.1, 0.15) is 47.3 Å². The normalized spacial score (nSPS) is 17.9. The van der Waals surface area contributed by atoms with Gasteiger partial charge >= 0.3 is 0 Å². The summed E-state index contributed by atoms with van der Waals surface area (Å²) in [6.07, 6.45) is 0.195. The maximum Gasteiger partial charge on any atom is 0.227 e. The van der Waals surface area contributed by atoms with Gasteiger partial charge in [-0.2, -0.15) is 0 Å². The van der Waals surface area contributed by atoms with Gasteiger partial charge in [-0.05, 0) is 27.5 Å². The molecule has 0 fully saturated rings. The third kappa shape index (κ3) is 5.06. The van der Waals surface area contributed by atoms with Gasteiger partial charge < -0.3 is 20.0 Å². The van der Waals surface area contributed by atoms with Crippen LogP contribution in [0.15, 0.2) is 91.0 Å². The fourth-order valence-electron chi connectivity index (χ4n) is 7.25. The zero-order valence-electron chi connectivity index (χ0n) is 24.5. The Morgan fingerprint density at radius 1 is 0.644 bits per heavy atom. The molecule has 2 amide bonds. The summed E-state index contributed by atoms with van der Waals surface area (Å²) in [7, 11) is 0. The van der Waals surface area contributed by atoms with Crippen LogP contribution in [0.3, 0.4) is 0 Å². The summed E-state index contributed by atoms with van der Waals surface area (Å²) >= 11 is 12.8. The molecule has 0 radical (unpaired) electrons. The van der Waals surface area contributed by atoms with Crippen molar-refractivity contribution in [3.05, 3.63) is 108 Å². The van der Waals surface area contributed by atoms with E-state index in [-0.39, 0.29) is 48.0 Å². The Kier molecular flexibility index (Phi) is 7.80. The number of fused-ring (bicyclic) bond motifs is 6. The lowest BCUT2D eigenvalue weighted by Crippen LogP contribution is -2.34. The minimum absolute atomic E-state index is 0.0796. The highest BCUT2D eigenvalue weighted by molar-refractivity contribution is 6.19. The molecule has 0 saturated carbocycles. The Balaban J connectivity index is 1.21. The van der Waals surface area contributed by atoms with Gasteiger partial charge in [-0.1, -0.05) is 78.9 Å². The van der Waals surface area contributed by atoms with Gasteiger partial charge in [-0.25, -0.2) is 0 Å². The molecule has 2 unspecified atom stereocenters. The van der Waals surface area contributed by atoms with Crippen LogP contribution in [0, 0.1) is 0 Å². The molecule has 3 atom stereocenters. The van der Waals surface area contributed by atoms with Gasteiger partial charge in [-0.3, -0.25) is 9.59 Å². The number of benzene rings is 5. The number of amides is 2. The first-order valence-corrected chi connectivity index (χ1v) is 16.2. The largest absolute Gasteiger partial charge is 0.507 e. The second kappa shape index (κ2) is 11.9. The summed E-state index contributed by atoms with van der Waals surface area (Å²) < 4.78 is 0. The molecule has 0 aromatic heterocycles. The van der Waals surface area contributed by atoms with E-state index in [1.165, 1.54) is 0 Å². The molecule has 8 heteroatoms. The van der Waals surface area contributed by atoms with E-state index >= 15 is 0 Å². The van der Waals surface area contributed by atoms with Crippen molar-refractivity contribution in [2.24, 2.45) is 0 Å². The molecule has 0 bridgehead atoms. The molecule has 45 heavy (non-hydrogen) atoms. The van der Waals surface area contributed by atoms with Gasteiger partial charge in [0.1, 0.15) is 11.5 Å². The Morgan fingerprint density at radius 3 is 1.47 bits per heavy atom. The monoisotopic (exact) mass is 638 g/mol. The zero-order valence-corrected chi connectivity index (χ0v) is 26.0. The summed E-state index contributed by atoms with van der Waals surface area (Å²) in [5, 5.41) is 24.9.